The van der Waals surface area contributed by atoms with Gasteiger partial charge >= 0.3 is 0 Å². The first-order valence-electron chi connectivity index (χ1n) is 9.97. The molecule has 2 aliphatic rings. The minimum Gasteiger partial charge on any atom is -0.495 e. The number of anilines is 1. The second-order valence-electron chi connectivity index (χ2n) is 7.33. The van der Waals surface area contributed by atoms with Gasteiger partial charge in [-0.05, 0) is 31.4 Å². The second kappa shape index (κ2) is 9.22. The van der Waals surface area contributed by atoms with E-state index in [2.05, 4.69) is 6.92 Å². The van der Waals surface area contributed by atoms with Crippen molar-refractivity contribution in [2.75, 3.05) is 38.3 Å². The van der Waals surface area contributed by atoms with Gasteiger partial charge in [0.15, 0.2) is 0 Å². The molecule has 148 valence electrons. The zero-order valence-corrected chi connectivity index (χ0v) is 16.4. The van der Waals surface area contributed by atoms with Gasteiger partial charge in [-0.3, -0.25) is 9.59 Å². The van der Waals surface area contributed by atoms with Crippen LogP contribution in [-0.4, -0.2) is 56.2 Å². The van der Waals surface area contributed by atoms with E-state index in [1.165, 1.54) is 0 Å². The standard InChI is InChI=1S/C21H30N2O4/c1-3-4-7-17-14-23(18-8-5-6-9-19(18)26-2)20(24)15-22(17)21(25)16-10-12-27-13-11-16/h5-6,8-9,16-17H,3-4,7,10-15H2,1-2H3. The van der Waals surface area contributed by atoms with Crippen LogP contribution in [0, 0.1) is 5.92 Å². The Hall–Kier alpha value is -2.08. The van der Waals surface area contributed by atoms with Gasteiger partial charge in [-0.25, -0.2) is 0 Å². The number of hydrogen-bond donors (Lipinski definition) is 0. The van der Waals surface area contributed by atoms with Gasteiger partial charge in [0.2, 0.25) is 11.8 Å². The zero-order chi connectivity index (χ0) is 19.2. The number of carbonyl (C=O) groups is 2. The maximum Gasteiger partial charge on any atom is 0.246 e. The molecule has 0 aromatic heterocycles. The van der Waals surface area contributed by atoms with Crippen molar-refractivity contribution in [2.24, 2.45) is 5.92 Å². The summed E-state index contributed by atoms with van der Waals surface area (Å²) in [5, 5.41) is 0. The Labute approximate surface area is 161 Å². The number of benzene rings is 1. The van der Waals surface area contributed by atoms with Crippen molar-refractivity contribution < 1.29 is 19.1 Å². The SMILES string of the molecule is CCCCC1CN(c2ccccc2OC)C(=O)CN1C(=O)C1CCOCC1. The molecular formula is C21H30N2O4. The summed E-state index contributed by atoms with van der Waals surface area (Å²) < 4.78 is 10.8. The largest absolute Gasteiger partial charge is 0.495 e. The van der Waals surface area contributed by atoms with E-state index >= 15 is 0 Å². The summed E-state index contributed by atoms with van der Waals surface area (Å²) in [6.07, 6.45) is 4.51. The number of ether oxygens (including phenoxy) is 2. The Morgan fingerprint density at radius 3 is 2.70 bits per heavy atom. The molecule has 27 heavy (non-hydrogen) atoms. The number of amides is 2. The van der Waals surface area contributed by atoms with Crippen LogP contribution in [0.2, 0.25) is 0 Å². The predicted octanol–water partition coefficient (Wildman–Crippen LogP) is 2.86. The molecule has 2 amide bonds. The number of rotatable bonds is 6. The average molecular weight is 374 g/mol. The number of methoxy groups -OCH3 is 1. The van der Waals surface area contributed by atoms with E-state index in [4.69, 9.17) is 9.47 Å². The summed E-state index contributed by atoms with van der Waals surface area (Å²) in [7, 11) is 1.61. The summed E-state index contributed by atoms with van der Waals surface area (Å²) in [4.78, 5) is 29.7. The third-order valence-electron chi connectivity index (χ3n) is 5.56. The number of carbonyl (C=O) groups excluding carboxylic acids is 2. The zero-order valence-electron chi connectivity index (χ0n) is 16.4. The molecule has 0 bridgehead atoms. The van der Waals surface area contributed by atoms with Gasteiger partial charge in [-0.15, -0.1) is 0 Å². The van der Waals surface area contributed by atoms with Crippen molar-refractivity contribution in [3.63, 3.8) is 0 Å². The van der Waals surface area contributed by atoms with Crippen LogP contribution in [-0.2, 0) is 14.3 Å². The number of unbranched alkanes of at least 4 members (excludes halogenated alkanes) is 1. The molecule has 0 saturated carbocycles. The van der Waals surface area contributed by atoms with E-state index in [0.29, 0.717) is 25.5 Å². The molecule has 1 unspecified atom stereocenters. The topological polar surface area (TPSA) is 59.1 Å². The van der Waals surface area contributed by atoms with Gasteiger partial charge in [0.1, 0.15) is 12.3 Å². The van der Waals surface area contributed by atoms with Gasteiger partial charge in [0.05, 0.1) is 18.8 Å². The first kappa shape index (κ1) is 19.7. The van der Waals surface area contributed by atoms with Crippen molar-refractivity contribution in [2.45, 2.75) is 45.1 Å². The quantitative estimate of drug-likeness (QED) is 0.768. The minimum absolute atomic E-state index is 0.0199. The van der Waals surface area contributed by atoms with Gasteiger partial charge in [-0.2, -0.15) is 0 Å². The van der Waals surface area contributed by atoms with Gasteiger partial charge in [0, 0.05) is 25.7 Å². The molecule has 2 fully saturated rings. The summed E-state index contributed by atoms with van der Waals surface area (Å²) in [6, 6.07) is 7.62. The van der Waals surface area contributed by atoms with Crippen molar-refractivity contribution >= 4 is 17.5 Å². The van der Waals surface area contributed by atoms with E-state index in [9.17, 15) is 9.59 Å². The lowest BCUT2D eigenvalue weighted by molar-refractivity contribution is -0.145. The molecule has 0 spiro atoms. The fraction of sp³-hybridized carbons (Fsp3) is 0.619. The van der Waals surface area contributed by atoms with Crippen molar-refractivity contribution in [1.82, 2.24) is 4.90 Å². The third-order valence-corrected chi connectivity index (χ3v) is 5.56. The number of para-hydroxylation sites is 2. The molecule has 0 radical (unpaired) electrons. The lowest BCUT2D eigenvalue weighted by Gasteiger charge is -2.43. The van der Waals surface area contributed by atoms with Crippen molar-refractivity contribution in [3.8, 4) is 5.75 Å². The minimum atomic E-state index is -0.0485. The summed E-state index contributed by atoms with van der Waals surface area (Å²) in [5.74, 6) is 0.734. The van der Waals surface area contributed by atoms with E-state index in [1.807, 2.05) is 29.2 Å². The summed E-state index contributed by atoms with van der Waals surface area (Å²) in [6.45, 7) is 4.07. The first-order valence-corrected chi connectivity index (χ1v) is 9.97. The highest BCUT2D eigenvalue weighted by Crippen LogP contribution is 2.32. The molecule has 2 saturated heterocycles. The maximum absolute atomic E-state index is 13.1. The molecular weight excluding hydrogens is 344 g/mol. The van der Waals surface area contributed by atoms with Gasteiger partial charge < -0.3 is 19.3 Å². The first-order chi connectivity index (χ1) is 13.2. The Kier molecular flexibility index (Phi) is 6.72. The van der Waals surface area contributed by atoms with Crippen LogP contribution in [0.25, 0.3) is 0 Å². The third kappa shape index (κ3) is 4.43. The molecule has 1 aromatic carbocycles. The summed E-state index contributed by atoms with van der Waals surface area (Å²) in [5.41, 5.74) is 0.782. The normalized spacial score (nSPS) is 21.4. The van der Waals surface area contributed by atoms with Crippen LogP contribution in [0.15, 0.2) is 24.3 Å². The number of nitrogens with zero attached hydrogens (tertiary/aromatic N) is 2. The van der Waals surface area contributed by atoms with Crippen LogP contribution in [0.1, 0.15) is 39.0 Å². The van der Waals surface area contributed by atoms with E-state index in [-0.39, 0.29) is 30.3 Å². The molecule has 6 heteroatoms. The molecule has 0 N–H and O–H groups in total. The van der Waals surface area contributed by atoms with Crippen LogP contribution >= 0.6 is 0 Å². The Morgan fingerprint density at radius 2 is 2.00 bits per heavy atom. The highest BCUT2D eigenvalue weighted by molar-refractivity contribution is 5.99. The smallest absolute Gasteiger partial charge is 0.246 e. The predicted molar refractivity (Wildman–Crippen MR) is 104 cm³/mol. The van der Waals surface area contributed by atoms with Crippen LogP contribution in [0.4, 0.5) is 5.69 Å². The Morgan fingerprint density at radius 1 is 1.26 bits per heavy atom. The molecule has 3 rings (SSSR count). The van der Waals surface area contributed by atoms with Gasteiger partial charge in [-0.1, -0.05) is 31.9 Å². The highest BCUT2D eigenvalue weighted by Gasteiger charge is 2.38. The van der Waals surface area contributed by atoms with E-state index in [1.54, 1.807) is 12.0 Å². The fourth-order valence-corrected chi connectivity index (χ4v) is 3.98. The Balaban J connectivity index is 1.81. The van der Waals surface area contributed by atoms with Crippen LogP contribution in [0.5, 0.6) is 5.75 Å². The molecule has 1 aromatic rings. The van der Waals surface area contributed by atoms with Crippen LogP contribution in [0.3, 0.4) is 0 Å². The monoisotopic (exact) mass is 374 g/mol. The second-order valence-corrected chi connectivity index (χ2v) is 7.33. The molecule has 2 aliphatic heterocycles. The van der Waals surface area contributed by atoms with Crippen LogP contribution < -0.4 is 9.64 Å². The lowest BCUT2D eigenvalue weighted by atomic mass is 9.95. The molecule has 2 heterocycles. The molecule has 1 atom stereocenters. The molecule has 0 aliphatic carbocycles. The van der Waals surface area contributed by atoms with E-state index in [0.717, 1.165) is 37.8 Å². The molecule has 6 nitrogen and oxygen atoms in total. The van der Waals surface area contributed by atoms with Crippen molar-refractivity contribution in [3.05, 3.63) is 24.3 Å². The van der Waals surface area contributed by atoms with E-state index < -0.39 is 0 Å². The number of hydrogen-bond acceptors (Lipinski definition) is 4. The fourth-order valence-electron chi connectivity index (χ4n) is 3.98. The summed E-state index contributed by atoms with van der Waals surface area (Å²) >= 11 is 0. The maximum atomic E-state index is 13.1. The highest BCUT2D eigenvalue weighted by atomic mass is 16.5. The lowest BCUT2D eigenvalue weighted by Crippen LogP contribution is -2.59. The van der Waals surface area contributed by atoms with Gasteiger partial charge in [0.25, 0.3) is 0 Å². The van der Waals surface area contributed by atoms with Crippen molar-refractivity contribution in [1.29, 1.82) is 0 Å². The number of piperazine rings is 1. The Bertz CT molecular complexity index is 657. The average Bonchev–Trinajstić information content (AvgIpc) is 2.72.